The number of carboxylic acids is 1. The fraction of sp³-hybridized carbons (Fsp3) is 0.900. The highest BCUT2D eigenvalue weighted by atomic mass is 16.4. The minimum atomic E-state index is -0.675. The molecule has 2 fully saturated rings. The Kier molecular flexibility index (Phi) is 2.54. The maximum Gasteiger partial charge on any atom is 0.317 e. The molecule has 13 heavy (non-hydrogen) atoms. The Morgan fingerprint density at radius 3 is 2.85 bits per heavy atom. The Bertz CT molecular complexity index is 205. The first kappa shape index (κ1) is 9.00. The van der Waals surface area contributed by atoms with Crippen LogP contribution in [0.4, 0.5) is 0 Å². The highest BCUT2D eigenvalue weighted by molar-refractivity contribution is 5.69. The highest BCUT2D eigenvalue weighted by Gasteiger charge is 2.36. The molecular weight excluding hydrogens is 166 g/mol. The van der Waals surface area contributed by atoms with Crippen LogP contribution in [-0.2, 0) is 4.79 Å². The third-order valence-electron chi connectivity index (χ3n) is 3.46. The summed E-state index contributed by atoms with van der Waals surface area (Å²) in [5, 5.41) is 8.72. The van der Waals surface area contributed by atoms with E-state index in [-0.39, 0.29) is 6.54 Å². The normalized spacial score (nSPS) is 34.5. The van der Waals surface area contributed by atoms with E-state index in [9.17, 15) is 4.79 Å². The standard InChI is InChI=1S/C10H17NO2/c12-10(13)7-11-6-5-8-3-1-2-4-9(8)11/h8-9H,1-7H2,(H,12,13). The largest absolute Gasteiger partial charge is 0.480 e. The van der Waals surface area contributed by atoms with Crippen molar-refractivity contribution < 1.29 is 9.90 Å². The molecule has 1 heterocycles. The maximum atomic E-state index is 10.6. The van der Waals surface area contributed by atoms with Crippen molar-refractivity contribution >= 4 is 5.97 Å². The van der Waals surface area contributed by atoms with Crippen LogP contribution in [0.5, 0.6) is 0 Å². The molecule has 1 aliphatic heterocycles. The van der Waals surface area contributed by atoms with Crippen molar-refractivity contribution in [3.05, 3.63) is 0 Å². The molecule has 1 N–H and O–H groups in total. The van der Waals surface area contributed by atoms with E-state index in [2.05, 4.69) is 4.90 Å². The molecule has 0 aromatic rings. The third kappa shape index (κ3) is 1.85. The molecule has 0 aromatic heterocycles. The zero-order chi connectivity index (χ0) is 9.26. The zero-order valence-corrected chi connectivity index (χ0v) is 7.91. The quantitative estimate of drug-likeness (QED) is 0.702. The molecule has 3 nitrogen and oxygen atoms in total. The van der Waals surface area contributed by atoms with E-state index in [1.165, 1.54) is 32.1 Å². The van der Waals surface area contributed by atoms with Gasteiger partial charge in [-0.1, -0.05) is 12.8 Å². The van der Waals surface area contributed by atoms with Gasteiger partial charge in [0.05, 0.1) is 6.54 Å². The molecule has 1 saturated carbocycles. The fourth-order valence-electron chi connectivity index (χ4n) is 2.87. The lowest BCUT2D eigenvalue weighted by Crippen LogP contribution is -2.38. The van der Waals surface area contributed by atoms with Crippen molar-refractivity contribution in [3.63, 3.8) is 0 Å². The number of nitrogens with zero attached hydrogens (tertiary/aromatic N) is 1. The second-order valence-corrected chi connectivity index (χ2v) is 4.26. The summed E-state index contributed by atoms with van der Waals surface area (Å²) in [7, 11) is 0. The van der Waals surface area contributed by atoms with Gasteiger partial charge < -0.3 is 5.11 Å². The number of hydrogen-bond donors (Lipinski definition) is 1. The molecule has 1 saturated heterocycles. The summed E-state index contributed by atoms with van der Waals surface area (Å²) >= 11 is 0. The van der Waals surface area contributed by atoms with Gasteiger partial charge in [0.1, 0.15) is 0 Å². The van der Waals surface area contributed by atoms with Gasteiger partial charge in [-0.15, -0.1) is 0 Å². The molecule has 74 valence electrons. The van der Waals surface area contributed by atoms with Gasteiger partial charge in [0.2, 0.25) is 0 Å². The van der Waals surface area contributed by atoms with E-state index in [0.29, 0.717) is 6.04 Å². The van der Waals surface area contributed by atoms with Crippen molar-refractivity contribution in [2.75, 3.05) is 13.1 Å². The van der Waals surface area contributed by atoms with Crippen LogP contribution >= 0.6 is 0 Å². The minimum Gasteiger partial charge on any atom is -0.480 e. The number of hydrogen-bond acceptors (Lipinski definition) is 2. The molecule has 2 aliphatic rings. The molecule has 0 aromatic carbocycles. The Labute approximate surface area is 78.7 Å². The van der Waals surface area contributed by atoms with Crippen LogP contribution in [0, 0.1) is 5.92 Å². The summed E-state index contributed by atoms with van der Waals surface area (Å²) in [5.41, 5.74) is 0. The minimum absolute atomic E-state index is 0.251. The van der Waals surface area contributed by atoms with E-state index in [1.54, 1.807) is 0 Å². The molecule has 0 spiro atoms. The Hall–Kier alpha value is -0.570. The van der Waals surface area contributed by atoms with Gasteiger partial charge in [0.15, 0.2) is 0 Å². The lowest BCUT2D eigenvalue weighted by Gasteiger charge is -2.30. The summed E-state index contributed by atoms with van der Waals surface area (Å²) in [6.45, 7) is 1.25. The van der Waals surface area contributed by atoms with E-state index in [4.69, 9.17) is 5.11 Å². The first-order chi connectivity index (χ1) is 6.27. The number of carboxylic acid groups (broad SMARTS) is 1. The maximum absolute atomic E-state index is 10.6. The number of fused-ring (bicyclic) bond motifs is 1. The second kappa shape index (κ2) is 3.66. The molecule has 0 bridgehead atoms. The summed E-state index contributed by atoms with van der Waals surface area (Å²) in [4.78, 5) is 12.7. The van der Waals surface area contributed by atoms with Crippen LogP contribution in [0.2, 0.25) is 0 Å². The van der Waals surface area contributed by atoms with Crippen LogP contribution in [0.15, 0.2) is 0 Å². The molecule has 0 radical (unpaired) electrons. The Balaban J connectivity index is 1.94. The van der Waals surface area contributed by atoms with Gasteiger partial charge >= 0.3 is 5.97 Å². The average Bonchev–Trinajstić information content (AvgIpc) is 2.48. The summed E-state index contributed by atoms with van der Waals surface area (Å²) in [6, 6.07) is 0.588. The highest BCUT2D eigenvalue weighted by Crippen LogP contribution is 2.35. The number of aliphatic carboxylic acids is 1. The predicted molar refractivity (Wildman–Crippen MR) is 49.6 cm³/mol. The smallest absolute Gasteiger partial charge is 0.317 e. The Morgan fingerprint density at radius 1 is 1.31 bits per heavy atom. The molecule has 2 rings (SSSR count). The van der Waals surface area contributed by atoms with Crippen LogP contribution in [0.3, 0.4) is 0 Å². The first-order valence-corrected chi connectivity index (χ1v) is 5.23. The van der Waals surface area contributed by atoms with Gasteiger partial charge in [0.25, 0.3) is 0 Å². The van der Waals surface area contributed by atoms with Crippen molar-refractivity contribution in [2.24, 2.45) is 5.92 Å². The monoisotopic (exact) mass is 183 g/mol. The lowest BCUT2D eigenvalue weighted by molar-refractivity contribution is -0.138. The van der Waals surface area contributed by atoms with Crippen LogP contribution in [0.1, 0.15) is 32.1 Å². The van der Waals surface area contributed by atoms with Crippen molar-refractivity contribution in [1.29, 1.82) is 0 Å². The summed E-state index contributed by atoms with van der Waals surface area (Å²) < 4.78 is 0. The van der Waals surface area contributed by atoms with Gasteiger partial charge in [0, 0.05) is 6.04 Å². The van der Waals surface area contributed by atoms with E-state index < -0.39 is 5.97 Å². The van der Waals surface area contributed by atoms with Crippen LogP contribution in [0.25, 0.3) is 0 Å². The number of rotatable bonds is 2. The molecule has 1 aliphatic carbocycles. The van der Waals surface area contributed by atoms with E-state index in [0.717, 1.165) is 12.5 Å². The molecular formula is C10H17NO2. The number of carbonyl (C=O) groups is 1. The lowest BCUT2D eigenvalue weighted by atomic mass is 9.85. The van der Waals surface area contributed by atoms with Gasteiger partial charge in [-0.3, -0.25) is 9.69 Å². The number of likely N-dealkylation sites (tertiary alicyclic amines) is 1. The van der Waals surface area contributed by atoms with Crippen molar-refractivity contribution in [3.8, 4) is 0 Å². The summed E-state index contributed by atoms with van der Waals surface area (Å²) in [6.07, 6.45) is 6.40. The fourth-order valence-corrected chi connectivity index (χ4v) is 2.87. The average molecular weight is 183 g/mol. The SMILES string of the molecule is O=C(O)CN1CCC2CCCCC21. The third-order valence-corrected chi connectivity index (χ3v) is 3.46. The zero-order valence-electron chi connectivity index (χ0n) is 7.91. The first-order valence-electron chi connectivity index (χ1n) is 5.23. The molecule has 2 atom stereocenters. The van der Waals surface area contributed by atoms with E-state index >= 15 is 0 Å². The second-order valence-electron chi connectivity index (χ2n) is 4.26. The molecule has 2 unspecified atom stereocenters. The predicted octanol–water partition coefficient (Wildman–Crippen LogP) is 1.34. The van der Waals surface area contributed by atoms with Gasteiger partial charge in [-0.05, 0) is 31.7 Å². The van der Waals surface area contributed by atoms with E-state index in [1.807, 2.05) is 0 Å². The summed E-state index contributed by atoms with van der Waals surface area (Å²) in [5.74, 6) is 0.124. The van der Waals surface area contributed by atoms with Crippen molar-refractivity contribution in [1.82, 2.24) is 4.90 Å². The van der Waals surface area contributed by atoms with Gasteiger partial charge in [-0.25, -0.2) is 0 Å². The van der Waals surface area contributed by atoms with Gasteiger partial charge in [-0.2, -0.15) is 0 Å². The Morgan fingerprint density at radius 2 is 2.08 bits per heavy atom. The topological polar surface area (TPSA) is 40.5 Å². The van der Waals surface area contributed by atoms with Crippen molar-refractivity contribution in [2.45, 2.75) is 38.1 Å². The van der Waals surface area contributed by atoms with Crippen LogP contribution in [-0.4, -0.2) is 35.1 Å². The molecule has 3 heteroatoms. The molecule has 0 amide bonds. The van der Waals surface area contributed by atoms with Crippen LogP contribution < -0.4 is 0 Å².